The van der Waals surface area contributed by atoms with Crippen molar-refractivity contribution in [2.75, 3.05) is 16.6 Å². The second-order valence-electron chi connectivity index (χ2n) is 7.71. The summed E-state index contributed by atoms with van der Waals surface area (Å²) in [4.78, 5) is 0.0677. The van der Waals surface area contributed by atoms with Gasteiger partial charge < -0.3 is 4.74 Å². The lowest BCUT2D eigenvalue weighted by Gasteiger charge is -2.15. The summed E-state index contributed by atoms with van der Waals surface area (Å²) >= 11 is 6.06. The molecule has 0 aliphatic rings. The second-order valence-corrected chi connectivity index (χ2v) is 11.5. The number of hydrogen-bond acceptors (Lipinski definition) is 5. The van der Waals surface area contributed by atoms with Gasteiger partial charge in [-0.05, 0) is 78.6 Å². The molecule has 0 heterocycles. The smallest absolute Gasteiger partial charge is 0.261 e. The minimum absolute atomic E-state index is 0.0173. The van der Waals surface area contributed by atoms with Crippen LogP contribution in [0.1, 0.15) is 30.9 Å². The van der Waals surface area contributed by atoms with Gasteiger partial charge in [0.15, 0.2) is 0 Å². The van der Waals surface area contributed by atoms with Gasteiger partial charge in [-0.2, -0.15) is 0 Å². The molecule has 0 spiro atoms. The number of hydrogen-bond donors (Lipinski definition) is 2. The minimum atomic E-state index is -3.89. The van der Waals surface area contributed by atoms with Gasteiger partial charge in [0, 0.05) is 10.7 Å². The summed E-state index contributed by atoms with van der Waals surface area (Å²) in [6.07, 6.45) is 0. The third-order valence-corrected chi connectivity index (χ3v) is 8.23. The summed E-state index contributed by atoms with van der Waals surface area (Å²) in [7, 11) is -6.24. The van der Waals surface area contributed by atoms with Gasteiger partial charge in [0.25, 0.3) is 20.0 Å². The maximum absolute atomic E-state index is 12.9. The molecule has 0 fully saturated rings. The van der Waals surface area contributed by atoms with E-state index in [1.165, 1.54) is 37.4 Å². The van der Waals surface area contributed by atoms with Crippen LogP contribution in [0.2, 0.25) is 5.02 Å². The van der Waals surface area contributed by atoms with E-state index in [1.807, 2.05) is 13.8 Å². The molecule has 0 aliphatic carbocycles. The molecule has 0 atom stereocenters. The second kappa shape index (κ2) is 9.62. The predicted molar refractivity (Wildman–Crippen MR) is 131 cm³/mol. The highest BCUT2D eigenvalue weighted by molar-refractivity contribution is 7.93. The number of benzene rings is 3. The number of nitrogens with one attached hydrogen (secondary N) is 2. The molecule has 3 aromatic rings. The molecule has 0 aliphatic heterocycles. The van der Waals surface area contributed by atoms with Crippen molar-refractivity contribution in [2.45, 2.75) is 36.5 Å². The summed E-state index contributed by atoms with van der Waals surface area (Å²) in [5.74, 6) is 0.677. The molecule has 0 saturated heterocycles. The van der Waals surface area contributed by atoms with Crippen LogP contribution in [0.4, 0.5) is 11.4 Å². The van der Waals surface area contributed by atoms with Crippen molar-refractivity contribution in [3.63, 3.8) is 0 Å². The van der Waals surface area contributed by atoms with Gasteiger partial charge in [-0.25, -0.2) is 16.8 Å². The molecule has 3 rings (SSSR count). The quantitative estimate of drug-likeness (QED) is 0.425. The van der Waals surface area contributed by atoms with E-state index >= 15 is 0 Å². The predicted octanol–water partition coefficient (Wildman–Crippen LogP) is 5.38. The van der Waals surface area contributed by atoms with Gasteiger partial charge in [-0.3, -0.25) is 9.44 Å². The Bertz CT molecular complexity index is 1370. The Kier molecular flexibility index (Phi) is 7.26. The van der Waals surface area contributed by atoms with Crippen LogP contribution in [0.15, 0.2) is 70.5 Å². The fourth-order valence-corrected chi connectivity index (χ4v) is 5.56. The zero-order valence-corrected chi connectivity index (χ0v) is 21.0. The molecule has 7 nitrogen and oxygen atoms in total. The van der Waals surface area contributed by atoms with Gasteiger partial charge in [0.05, 0.1) is 22.6 Å². The summed E-state index contributed by atoms with van der Waals surface area (Å²) in [6, 6.07) is 15.0. The van der Waals surface area contributed by atoms with Crippen LogP contribution < -0.4 is 14.2 Å². The Labute approximate surface area is 199 Å². The lowest BCUT2D eigenvalue weighted by molar-refractivity contribution is 0.407. The van der Waals surface area contributed by atoms with Crippen LogP contribution in [-0.4, -0.2) is 23.9 Å². The molecule has 33 heavy (non-hydrogen) atoms. The van der Waals surface area contributed by atoms with Crippen LogP contribution in [0.5, 0.6) is 5.75 Å². The van der Waals surface area contributed by atoms with Crippen molar-refractivity contribution in [2.24, 2.45) is 0 Å². The largest absolute Gasteiger partial charge is 0.496 e. The molecule has 176 valence electrons. The average Bonchev–Trinajstić information content (AvgIpc) is 2.76. The van der Waals surface area contributed by atoms with Crippen LogP contribution >= 0.6 is 11.6 Å². The third-order valence-electron chi connectivity index (χ3n) is 5.06. The highest BCUT2D eigenvalue weighted by atomic mass is 35.5. The Balaban J connectivity index is 1.83. The van der Waals surface area contributed by atoms with Crippen LogP contribution in [0, 0.1) is 6.92 Å². The zero-order chi connectivity index (χ0) is 24.4. The van der Waals surface area contributed by atoms with Gasteiger partial charge in [0.2, 0.25) is 0 Å². The lowest BCUT2D eigenvalue weighted by Crippen LogP contribution is -2.15. The van der Waals surface area contributed by atoms with Crippen molar-refractivity contribution in [1.29, 1.82) is 0 Å². The minimum Gasteiger partial charge on any atom is -0.496 e. The summed E-state index contributed by atoms with van der Waals surface area (Å²) in [6.45, 7) is 5.60. The fraction of sp³-hybridized carbons (Fsp3) is 0.217. The Hall–Kier alpha value is -2.75. The van der Waals surface area contributed by atoms with E-state index in [0.29, 0.717) is 22.0 Å². The first-order valence-electron chi connectivity index (χ1n) is 10.0. The third kappa shape index (κ3) is 5.61. The van der Waals surface area contributed by atoms with E-state index in [0.717, 1.165) is 5.56 Å². The van der Waals surface area contributed by atoms with Gasteiger partial charge in [-0.1, -0.05) is 31.5 Å². The molecule has 0 bridgehead atoms. The average molecular weight is 509 g/mol. The molecule has 0 saturated carbocycles. The zero-order valence-electron chi connectivity index (χ0n) is 18.6. The molecule has 0 amide bonds. The van der Waals surface area contributed by atoms with E-state index in [1.54, 1.807) is 37.3 Å². The first-order chi connectivity index (χ1) is 15.4. The van der Waals surface area contributed by atoms with E-state index < -0.39 is 20.0 Å². The van der Waals surface area contributed by atoms with Crippen molar-refractivity contribution in [3.05, 3.63) is 76.8 Å². The molecule has 10 heteroatoms. The monoisotopic (exact) mass is 508 g/mol. The Morgan fingerprint density at radius 1 is 0.848 bits per heavy atom. The van der Waals surface area contributed by atoms with Crippen molar-refractivity contribution < 1.29 is 21.6 Å². The maximum atomic E-state index is 12.9. The number of sulfonamides is 2. The first kappa shape index (κ1) is 24.9. The number of halogens is 1. The van der Waals surface area contributed by atoms with Crippen LogP contribution in [-0.2, 0) is 20.0 Å². The molecule has 0 aromatic heterocycles. The number of ether oxygens (including phenoxy) is 1. The summed E-state index contributed by atoms with van der Waals surface area (Å²) < 4.78 is 61.5. The summed E-state index contributed by atoms with van der Waals surface area (Å²) in [5, 5.41) is 0.444. The topological polar surface area (TPSA) is 102 Å². The van der Waals surface area contributed by atoms with E-state index in [4.69, 9.17) is 16.3 Å². The molecular formula is C23H25ClN2O5S2. The van der Waals surface area contributed by atoms with Crippen molar-refractivity contribution >= 4 is 43.0 Å². The maximum Gasteiger partial charge on any atom is 0.261 e. The number of rotatable bonds is 8. The van der Waals surface area contributed by atoms with Crippen LogP contribution in [0.3, 0.4) is 0 Å². The standard InChI is InChI=1S/C23H25ClN2O5S2/c1-15(2)20-14-19(12-13-23(20)31-4)33(29,30)25-17-8-10-18(11-9-17)32(27,28)26-22-7-5-6-21(24)16(22)3/h5-15,25-26H,1-4H3. The molecular weight excluding hydrogens is 484 g/mol. The molecule has 3 aromatic carbocycles. The molecule has 0 radical (unpaired) electrons. The normalized spacial score (nSPS) is 11.9. The molecule has 0 unspecified atom stereocenters. The number of methoxy groups -OCH3 is 1. The summed E-state index contributed by atoms with van der Waals surface area (Å²) in [5.41, 5.74) is 1.97. The highest BCUT2D eigenvalue weighted by Gasteiger charge is 2.20. The van der Waals surface area contributed by atoms with E-state index in [9.17, 15) is 16.8 Å². The first-order valence-corrected chi connectivity index (χ1v) is 13.4. The lowest BCUT2D eigenvalue weighted by atomic mass is 10.0. The van der Waals surface area contributed by atoms with Gasteiger partial charge in [-0.15, -0.1) is 0 Å². The Morgan fingerprint density at radius 3 is 2.06 bits per heavy atom. The van der Waals surface area contributed by atoms with Crippen LogP contribution in [0.25, 0.3) is 0 Å². The Morgan fingerprint density at radius 2 is 1.45 bits per heavy atom. The van der Waals surface area contributed by atoms with Crippen molar-refractivity contribution in [3.8, 4) is 5.75 Å². The van der Waals surface area contributed by atoms with Gasteiger partial charge in [0.1, 0.15) is 5.75 Å². The number of anilines is 2. The fourth-order valence-electron chi connectivity index (χ4n) is 3.17. The van der Waals surface area contributed by atoms with Gasteiger partial charge >= 0.3 is 0 Å². The van der Waals surface area contributed by atoms with E-state index in [-0.39, 0.29) is 21.4 Å². The van der Waals surface area contributed by atoms with Crippen molar-refractivity contribution in [1.82, 2.24) is 0 Å². The molecule has 2 N–H and O–H groups in total. The van der Waals surface area contributed by atoms with E-state index in [2.05, 4.69) is 9.44 Å². The highest BCUT2D eigenvalue weighted by Crippen LogP contribution is 2.30. The SMILES string of the molecule is COc1ccc(S(=O)(=O)Nc2ccc(S(=O)(=O)Nc3cccc(Cl)c3C)cc2)cc1C(C)C.